The molecule has 7 heteroatoms. The van der Waals surface area contributed by atoms with E-state index < -0.39 is 17.1 Å². The number of benzene rings is 1. The average molecular weight is 367 g/mol. The second kappa shape index (κ2) is 5.57. The number of hydrogen-bond acceptors (Lipinski definition) is 3. The number of carbonyl (C=O) groups is 1. The molecular weight excluding hydrogens is 355 g/mol. The number of aromatic nitrogens is 1. The van der Waals surface area contributed by atoms with Crippen molar-refractivity contribution in [3.8, 4) is 5.75 Å². The van der Waals surface area contributed by atoms with Crippen LogP contribution in [0, 0.1) is 5.82 Å². The highest BCUT2D eigenvalue weighted by Gasteiger charge is 2.29. The van der Waals surface area contributed by atoms with Crippen LogP contribution in [0.15, 0.2) is 39.7 Å². The van der Waals surface area contributed by atoms with Crippen LogP contribution >= 0.6 is 15.9 Å². The summed E-state index contributed by atoms with van der Waals surface area (Å²) < 4.78 is 15.0. The molecule has 3 rings (SSSR count). The number of fused-ring (bicyclic) bond motifs is 1. The van der Waals surface area contributed by atoms with Gasteiger partial charge in [-0.3, -0.25) is 9.59 Å². The van der Waals surface area contributed by atoms with Gasteiger partial charge in [-0.1, -0.05) is 12.1 Å². The Hall–Kier alpha value is -2.15. The predicted molar refractivity (Wildman–Crippen MR) is 81.2 cm³/mol. The van der Waals surface area contributed by atoms with Gasteiger partial charge in [0.25, 0.3) is 5.91 Å². The third-order valence-corrected chi connectivity index (χ3v) is 4.26. The molecule has 1 aromatic carbocycles. The number of hydrogen-bond donors (Lipinski definition) is 1. The zero-order chi connectivity index (χ0) is 15.9. The molecule has 1 aromatic heterocycles. The third kappa shape index (κ3) is 2.52. The maximum absolute atomic E-state index is 12.9. The van der Waals surface area contributed by atoms with Crippen molar-refractivity contribution in [2.45, 2.75) is 13.1 Å². The lowest BCUT2D eigenvalue weighted by Gasteiger charge is -2.31. The molecule has 2 heterocycles. The number of aromatic hydroxyl groups is 1. The Bertz CT molecular complexity index is 802. The summed E-state index contributed by atoms with van der Waals surface area (Å²) in [6.07, 6.45) is 0. The Labute approximate surface area is 133 Å². The van der Waals surface area contributed by atoms with Gasteiger partial charge < -0.3 is 14.6 Å². The Morgan fingerprint density at radius 2 is 1.86 bits per heavy atom. The van der Waals surface area contributed by atoms with Crippen molar-refractivity contribution >= 4 is 21.8 Å². The molecule has 0 saturated heterocycles. The quantitative estimate of drug-likeness (QED) is 0.828. The lowest BCUT2D eigenvalue weighted by atomic mass is 10.1. The number of carbonyl (C=O) groups excluding carboxylic acids is 1. The van der Waals surface area contributed by atoms with Gasteiger partial charge in [-0.05, 0) is 33.6 Å². The summed E-state index contributed by atoms with van der Waals surface area (Å²) >= 11 is 3.23. The van der Waals surface area contributed by atoms with E-state index in [0.29, 0.717) is 24.2 Å². The molecule has 1 N–H and O–H groups in total. The molecule has 0 atom stereocenters. The second-order valence-electron chi connectivity index (χ2n) is 5.03. The summed E-state index contributed by atoms with van der Waals surface area (Å²) in [7, 11) is 0. The molecule has 0 saturated carbocycles. The fourth-order valence-corrected chi connectivity index (χ4v) is 3.04. The minimum Gasteiger partial charge on any atom is -0.503 e. The monoisotopic (exact) mass is 366 g/mol. The van der Waals surface area contributed by atoms with Gasteiger partial charge in [-0.2, -0.15) is 0 Å². The zero-order valence-corrected chi connectivity index (χ0v) is 13.0. The van der Waals surface area contributed by atoms with Gasteiger partial charge in [0.15, 0.2) is 11.4 Å². The van der Waals surface area contributed by atoms with Crippen molar-refractivity contribution in [3.05, 3.63) is 62.2 Å². The van der Waals surface area contributed by atoms with Crippen LogP contribution in [-0.4, -0.2) is 27.0 Å². The number of pyridine rings is 1. The number of rotatable bonds is 2. The van der Waals surface area contributed by atoms with Crippen LogP contribution in [0.4, 0.5) is 4.39 Å². The Morgan fingerprint density at radius 1 is 1.18 bits per heavy atom. The highest BCUT2D eigenvalue weighted by atomic mass is 79.9. The van der Waals surface area contributed by atoms with E-state index in [1.54, 1.807) is 16.7 Å². The van der Waals surface area contributed by atoms with Crippen molar-refractivity contribution in [2.24, 2.45) is 0 Å². The van der Waals surface area contributed by atoms with Crippen LogP contribution in [0.25, 0.3) is 0 Å². The fourth-order valence-electron chi connectivity index (χ4n) is 2.47. The molecule has 1 aliphatic rings. The lowest BCUT2D eigenvalue weighted by Crippen LogP contribution is -2.41. The van der Waals surface area contributed by atoms with Gasteiger partial charge in [0.2, 0.25) is 5.43 Å². The summed E-state index contributed by atoms with van der Waals surface area (Å²) in [5.74, 6) is -1.31. The minimum atomic E-state index is -0.602. The molecule has 5 nitrogen and oxygen atoms in total. The summed E-state index contributed by atoms with van der Waals surface area (Å²) in [6, 6.07) is 7.10. The largest absolute Gasteiger partial charge is 0.503 e. The first-order valence-electron chi connectivity index (χ1n) is 6.63. The molecule has 0 aliphatic carbocycles. The van der Waals surface area contributed by atoms with E-state index in [0.717, 1.165) is 5.56 Å². The van der Waals surface area contributed by atoms with E-state index >= 15 is 0 Å². The van der Waals surface area contributed by atoms with Gasteiger partial charge in [-0.25, -0.2) is 4.39 Å². The topological polar surface area (TPSA) is 62.5 Å². The van der Waals surface area contributed by atoms with Gasteiger partial charge in [-0.15, -0.1) is 0 Å². The molecule has 0 radical (unpaired) electrons. The highest BCUT2D eigenvalue weighted by Crippen LogP contribution is 2.24. The Kier molecular flexibility index (Phi) is 3.74. The van der Waals surface area contributed by atoms with E-state index in [4.69, 9.17) is 0 Å². The van der Waals surface area contributed by atoms with E-state index in [9.17, 15) is 19.1 Å². The van der Waals surface area contributed by atoms with Gasteiger partial charge in [0.1, 0.15) is 5.82 Å². The van der Waals surface area contributed by atoms with Crippen molar-refractivity contribution in [3.63, 3.8) is 0 Å². The molecule has 22 heavy (non-hydrogen) atoms. The Morgan fingerprint density at radius 3 is 2.55 bits per heavy atom. The third-order valence-electron chi connectivity index (χ3n) is 3.61. The smallest absolute Gasteiger partial charge is 0.274 e. The molecule has 2 aromatic rings. The van der Waals surface area contributed by atoms with E-state index in [2.05, 4.69) is 15.9 Å². The van der Waals surface area contributed by atoms with Crippen LogP contribution in [-0.2, 0) is 13.1 Å². The molecule has 1 aliphatic heterocycles. The number of halogens is 2. The first-order valence-corrected chi connectivity index (χ1v) is 7.42. The SMILES string of the molecule is O=C1c2c(O)c(=O)cc(Br)n2CCN1Cc1ccc(F)cc1. The zero-order valence-electron chi connectivity index (χ0n) is 11.4. The summed E-state index contributed by atoms with van der Waals surface area (Å²) in [4.78, 5) is 25.7. The fraction of sp³-hybridized carbons (Fsp3) is 0.200. The van der Waals surface area contributed by atoms with Gasteiger partial charge >= 0.3 is 0 Å². The Balaban J connectivity index is 1.94. The molecular formula is C15H12BrFN2O3. The minimum absolute atomic E-state index is 0.0206. The van der Waals surface area contributed by atoms with Gasteiger partial charge in [0.05, 0.1) is 4.60 Å². The van der Waals surface area contributed by atoms with Crippen molar-refractivity contribution in [1.29, 1.82) is 0 Å². The van der Waals surface area contributed by atoms with Crippen LogP contribution in [0.2, 0.25) is 0 Å². The molecule has 1 amide bonds. The van der Waals surface area contributed by atoms with Gasteiger partial charge in [0, 0.05) is 25.7 Å². The standard InChI is InChI=1S/C15H12BrFN2O3/c16-12-7-11(20)14(21)13-15(22)18(5-6-19(12)13)8-9-1-3-10(17)4-2-9/h1-4,7,21H,5-6,8H2. The maximum atomic E-state index is 12.9. The van der Waals surface area contributed by atoms with Crippen LogP contribution in [0.3, 0.4) is 0 Å². The predicted octanol–water partition coefficient (Wildman–Crippen LogP) is 2.11. The van der Waals surface area contributed by atoms with Crippen molar-refractivity contribution < 1.29 is 14.3 Å². The summed E-state index contributed by atoms with van der Waals surface area (Å²) in [6.45, 7) is 1.18. The van der Waals surface area contributed by atoms with E-state index in [1.807, 2.05) is 0 Å². The average Bonchev–Trinajstić information content (AvgIpc) is 2.49. The first-order chi connectivity index (χ1) is 10.5. The van der Waals surface area contributed by atoms with E-state index in [-0.39, 0.29) is 11.5 Å². The summed E-state index contributed by atoms with van der Waals surface area (Å²) in [5, 5.41) is 9.91. The summed E-state index contributed by atoms with van der Waals surface area (Å²) in [5.41, 5.74) is 0.155. The van der Waals surface area contributed by atoms with Crippen LogP contribution in [0.5, 0.6) is 5.75 Å². The molecule has 0 fully saturated rings. The first kappa shape index (κ1) is 14.8. The van der Waals surface area contributed by atoms with Crippen LogP contribution in [0.1, 0.15) is 16.1 Å². The normalized spacial score (nSPS) is 14.1. The maximum Gasteiger partial charge on any atom is 0.274 e. The van der Waals surface area contributed by atoms with E-state index in [1.165, 1.54) is 23.1 Å². The van der Waals surface area contributed by atoms with Crippen LogP contribution < -0.4 is 5.43 Å². The second-order valence-corrected chi connectivity index (χ2v) is 5.85. The highest BCUT2D eigenvalue weighted by molar-refractivity contribution is 9.10. The van der Waals surface area contributed by atoms with Crippen molar-refractivity contribution in [2.75, 3.05) is 6.54 Å². The van der Waals surface area contributed by atoms with Crippen molar-refractivity contribution in [1.82, 2.24) is 9.47 Å². The lowest BCUT2D eigenvalue weighted by molar-refractivity contribution is 0.0681. The molecule has 0 spiro atoms. The molecule has 0 unspecified atom stereocenters. The molecule has 114 valence electrons. The molecule has 0 bridgehead atoms. The number of nitrogens with zero attached hydrogens (tertiary/aromatic N) is 2. The number of amides is 1.